The van der Waals surface area contributed by atoms with Gasteiger partial charge in [-0.05, 0) is 12.4 Å². The van der Waals surface area contributed by atoms with Crippen molar-refractivity contribution in [3.05, 3.63) is 0 Å². The van der Waals surface area contributed by atoms with Gasteiger partial charge in [-0.1, -0.05) is 59.1 Å². The van der Waals surface area contributed by atoms with Crippen LogP contribution in [0.4, 0.5) is 0 Å². The summed E-state index contributed by atoms with van der Waals surface area (Å²) in [7, 11) is 0. The molecule has 2 heteroatoms. The van der Waals surface area contributed by atoms with Gasteiger partial charge in [0.05, 0.1) is 0 Å². The summed E-state index contributed by atoms with van der Waals surface area (Å²) >= 11 is 0. The van der Waals surface area contributed by atoms with E-state index in [4.69, 9.17) is 5.73 Å². The summed E-state index contributed by atoms with van der Waals surface area (Å²) in [4.78, 5) is 0. The molecule has 13 heavy (non-hydrogen) atoms. The van der Waals surface area contributed by atoms with E-state index in [9.17, 15) is 0 Å². The zero-order valence-electron chi connectivity index (χ0n) is 9.68. The van der Waals surface area contributed by atoms with E-state index in [1.165, 1.54) is 38.3 Å². The third-order valence-electron chi connectivity index (χ3n) is 2.93. The number of rotatable bonds is 8. The van der Waals surface area contributed by atoms with Crippen LogP contribution in [0.15, 0.2) is 0 Å². The summed E-state index contributed by atoms with van der Waals surface area (Å²) in [5.74, 6) is 0.443. The first-order chi connectivity index (χ1) is 6.26. The van der Waals surface area contributed by atoms with Crippen LogP contribution >= 0.6 is 0 Å². The zero-order valence-corrected chi connectivity index (χ0v) is 9.68. The Morgan fingerprint density at radius 2 is 1.46 bits per heavy atom. The van der Waals surface area contributed by atoms with Crippen molar-refractivity contribution in [3.8, 4) is 0 Å². The first kappa shape index (κ1) is 13.0. The summed E-state index contributed by atoms with van der Waals surface area (Å²) in [5.41, 5.74) is 6.10. The Labute approximate surface area is 84.6 Å². The second-order valence-electron chi connectivity index (χ2n) is 4.12. The lowest BCUT2D eigenvalue weighted by Crippen LogP contribution is -2.37. The molecule has 0 aromatic rings. The number of hydrogen-bond donors (Lipinski definition) is 1. The van der Waals surface area contributed by atoms with Gasteiger partial charge in [-0.25, -0.2) is 0 Å². The minimum atomic E-state index is 0.443. The third kappa shape index (κ3) is 6.14. The highest BCUT2D eigenvalue weighted by molar-refractivity contribution is 6.60. The molecule has 1 atom stereocenters. The van der Waals surface area contributed by atoms with Crippen molar-refractivity contribution in [1.82, 2.24) is 0 Å². The summed E-state index contributed by atoms with van der Waals surface area (Å²) in [5, 5.41) is 0. The maximum atomic E-state index is 6.10. The van der Waals surface area contributed by atoms with Gasteiger partial charge < -0.3 is 5.73 Å². The van der Waals surface area contributed by atoms with Crippen molar-refractivity contribution in [1.29, 1.82) is 0 Å². The largest absolute Gasteiger partial charge is 0.335 e. The molecule has 0 rings (SSSR count). The van der Waals surface area contributed by atoms with Gasteiger partial charge in [0.2, 0.25) is 0 Å². The van der Waals surface area contributed by atoms with Crippen LogP contribution < -0.4 is 5.73 Å². The Kier molecular flexibility index (Phi) is 8.63. The van der Waals surface area contributed by atoms with Crippen molar-refractivity contribution in [3.63, 3.8) is 0 Å². The van der Waals surface area contributed by atoms with Crippen LogP contribution in [0.2, 0.25) is 12.6 Å². The molecule has 1 nitrogen and oxygen atoms in total. The predicted octanol–water partition coefficient (Wildman–Crippen LogP) is 3.36. The average Bonchev–Trinajstić information content (AvgIpc) is 2.17. The minimum Gasteiger partial charge on any atom is -0.335 e. The zero-order chi connectivity index (χ0) is 10.1. The lowest BCUT2D eigenvalue weighted by molar-refractivity contribution is 0.772. The van der Waals surface area contributed by atoms with E-state index in [2.05, 4.69) is 20.8 Å². The fourth-order valence-electron chi connectivity index (χ4n) is 1.84. The average molecular weight is 183 g/mol. The molecule has 0 aliphatic rings. The van der Waals surface area contributed by atoms with Crippen LogP contribution in [0.5, 0.6) is 0 Å². The molecular formula is C11H26BN. The molecule has 78 valence electrons. The second-order valence-corrected chi connectivity index (χ2v) is 4.12. The Morgan fingerprint density at radius 1 is 1.00 bits per heavy atom. The van der Waals surface area contributed by atoms with Gasteiger partial charge in [-0.15, -0.1) is 0 Å². The van der Waals surface area contributed by atoms with Crippen LogP contribution in [0, 0.1) is 0 Å². The van der Waals surface area contributed by atoms with Crippen LogP contribution in [0.3, 0.4) is 0 Å². The van der Waals surface area contributed by atoms with Crippen molar-refractivity contribution in [2.24, 2.45) is 5.73 Å². The summed E-state index contributed by atoms with van der Waals surface area (Å²) < 4.78 is 0. The fraction of sp³-hybridized carbons (Fsp3) is 1.00. The number of hydrogen-bond acceptors (Lipinski definition) is 1. The van der Waals surface area contributed by atoms with Crippen molar-refractivity contribution in [2.75, 3.05) is 0 Å². The van der Waals surface area contributed by atoms with Gasteiger partial charge in [0.15, 0.2) is 6.71 Å². The van der Waals surface area contributed by atoms with Crippen LogP contribution in [-0.4, -0.2) is 12.7 Å². The maximum absolute atomic E-state index is 6.10. The van der Waals surface area contributed by atoms with E-state index in [0.717, 1.165) is 13.1 Å². The first-order valence-electron chi connectivity index (χ1n) is 6.01. The van der Waals surface area contributed by atoms with E-state index >= 15 is 0 Å². The number of nitrogens with two attached hydrogens (primary N) is 1. The molecule has 0 saturated heterocycles. The van der Waals surface area contributed by atoms with E-state index in [0.29, 0.717) is 5.94 Å². The Balaban J connectivity index is 3.72. The topological polar surface area (TPSA) is 26.0 Å². The monoisotopic (exact) mass is 183 g/mol. The highest BCUT2D eigenvalue weighted by Crippen LogP contribution is 2.13. The van der Waals surface area contributed by atoms with E-state index in [-0.39, 0.29) is 0 Å². The van der Waals surface area contributed by atoms with Gasteiger partial charge in [0.25, 0.3) is 0 Å². The summed E-state index contributed by atoms with van der Waals surface area (Å²) in [6.45, 7) is 7.50. The Bertz CT molecular complexity index is 98.3. The quantitative estimate of drug-likeness (QED) is 0.573. The lowest BCUT2D eigenvalue weighted by atomic mass is 9.38. The molecule has 0 aliphatic carbocycles. The molecule has 0 aromatic carbocycles. The highest BCUT2D eigenvalue weighted by Gasteiger charge is 2.18. The van der Waals surface area contributed by atoms with Gasteiger partial charge in [0, 0.05) is 0 Å². The Hall–Kier alpha value is 0.0249. The normalized spacial score (nSPS) is 12.9. The van der Waals surface area contributed by atoms with Crippen molar-refractivity contribution >= 4 is 6.71 Å². The maximum Gasteiger partial charge on any atom is 0.160 e. The van der Waals surface area contributed by atoms with Crippen LogP contribution in [-0.2, 0) is 0 Å². The molecule has 0 saturated carbocycles. The molecule has 0 radical (unpaired) electrons. The molecule has 2 N–H and O–H groups in total. The molecule has 0 spiro atoms. The third-order valence-corrected chi connectivity index (χ3v) is 2.93. The van der Waals surface area contributed by atoms with E-state index in [1.54, 1.807) is 0 Å². The predicted molar refractivity (Wildman–Crippen MR) is 63.5 cm³/mol. The van der Waals surface area contributed by atoms with Gasteiger partial charge in [-0.2, -0.15) is 0 Å². The molecule has 0 heterocycles. The minimum absolute atomic E-state index is 0.443. The molecule has 0 fully saturated rings. The first-order valence-corrected chi connectivity index (χ1v) is 6.01. The summed E-state index contributed by atoms with van der Waals surface area (Å²) in [6.07, 6.45) is 9.12. The van der Waals surface area contributed by atoms with Crippen molar-refractivity contribution in [2.45, 2.75) is 71.5 Å². The lowest BCUT2D eigenvalue weighted by Gasteiger charge is -2.19. The van der Waals surface area contributed by atoms with Crippen molar-refractivity contribution < 1.29 is 0 Å². The molecular weight excluding hydrogens is 157 g/mol. The van der Waals surface area contributed by atoms with Gasteiger partial charge in [-0.3, -0.25) is 0 Å². The van der Waals surface area contributed by atoms with Crippen LogP contribution in [0.25, 0.3) is 0 Å². The standard InChI is InChI=1S/C11H26BN/c1-4-7-9-12(10-8-5-2)11(13)6-3/h11H,4-10,13H2,1-3H3. The molecule has 1 unspecified atom stereocenters. The molecule has 0 amide bonds. The van der Waals surface area contributed by atoms with Crippen LogP contribution in [0.1, 0.15) is 52.9 Å². The fourth-order valence-corrected chi connectivity index (χ4v) is 1.84. The molecule has 0 aromatic heterocycles. The Morgan fingerprint density at radius 3 is 1.77 bits per heavy atom. The number of unbranched alkanes of at least 4 members (excludes halogenated alkanes) is 2. The SMILES string of the molecule is CCCCB(CCCC)C(N)CC. The highest BCUT2D eigenvalue weighted by atomic mass is 14.6. The van der Waals surface area contributed by atoms with Gasteiger partial charge in [0.1, 0.15) is 0 Å². The van der Waals surface area contributed by atoms with Gasteiger partial charge >= 0.3 is 0 Å². The smallest absolute Gasteiger partial charge is 0.160 e. The molecule has 0 bridgehead atoms. The second kappa shape index (κ2) is 8.62. The van der Waals surface area contributed by atoms with E-state index < -0.39 is 0 Å². The van der Waals surface area contributed by atoms with E-state index in [1.807, 2.05) is 0 Å². The summed E-state index contributed by atoms with van der Waals surface area (Å²) in [6, 6.07) is 0. The molecule has 0 aliphatic heterocycles.